The predicted octanol–water partition coefficient (Wildman–Crippen LogP) is 4.41. The van der Waals surface area contributed by atoms with E-state index in [-0.39, 0.29) is 6.61 Å². The van der Waals surface area contributed by atoms with Gasteiger partial charge < -0.3 is 4.74 Å². The molecule has 0 bridgehead atoms. The second kappa shape index (κ2) is 6.79. The van der Waals surface area contributed by atoms with Crippen LogP contribution in [0.3, 0.4) is 0 Å². The van der Waals surface area contributed by atoms with Crippen molar-refractivity contribution in [2.75, 3.05) is 6.61 Å². The molecule has 3 heteroatoms. The van der Waals surface area contributed by atoms with Crippen molar-refractivity contribution in [1.82, 2.24) is 0 Å². The van der Waals surface area contributed by atoms with Crippen molar-refractivity contribution in [3.63, 3.8) is 0 Å². The summed E-state index contributed by atoms with van der Waals surface area (Å²) >= 11 is 6.11. The molecule has 0 fully saturated rings. The molecule has 0 spiro atoms. The molecular weight excluding hydrogens is 270 g/mol. The van der Waals surface area contributed by atoms with E-state index in [9.17, 15) is 0 Å². The number of hydrogen-bond donors (Lipinski definition) is 0. The molecule has 0 unspecified atom stereocenters. The minimum absolute atomic E-state index is 0.205. The third-order valence-corrected chi connectivity index (χ3v) is 2.96. The van der Waals surface area contributed by atoms with Crippen LogP contribution in [-0.4, -0.2) is 12.8 Å². The number of ether oxygens (including phenoxy) is 1. The van der Waals surface area contributed by atoms with Crippen LogP contribution in [0.25, 0.3) is 0 Å². The maximum absolute atomic E-state index is 6.11. The third kappa shape index (κ3) is 3.88. The van der Waals surface area contributed by atoms with Crippen molar-refractivity contribution >= 4 is 23.5 Å². The third-order valence-electron chi connectivity index (χ3n) is 2.66. The van der Waals surface area contributed by atoms with E-state index in [0.29, 0.717) is 10.8 Å². The molecule has 0 saturated heterocycles. The summed E-state index contributed by atoms with van der Waals surface area (Å²) in [7, 11) is 0. The Morgan fingerprint density at radius 3 is 2.65 bits per heavy atom. The van der Waals surface area contributed by atoms with E-state index in [4.69, 9.17) is 22.8 Å². The molecule has 0 N–H and O–H groups in total. The van der Waals surface area contributed by atoms with Crippen LogP contribution in [0, 0.1) is 19.3 Å². The average molecular weight is 284 g/mol. The van der Waals surface area contributed by atoms with Crippen molar-refractivity contribution in [2.45, 2.75) is 6.92 Å². The summed E-state index contributed by atoms with van der Waals surface area (Å²) in [5.74, 6) is 2.98. The highest BCUT2D eigenvalue weighted by molar-refractivity contribution is 6.32. The molecular formula is C17H14ClNO. The Labute approximate surface area is 124 Å². The van der Waals surface area contributed by atoms with E-state index >= 15 is 0 Å². The number of rotatable bonds is 4. The number of halogens is 1. The molecule has 0 heterocycles. The van der Waals surface area contributed by atoms with E-state index < -0.39 is 0 Å². The molecule has 0 aliphatic heterocycles. The molecule has 2 aromatic carbocycles. The summed E-state index contributed by atoms with van der Waals surface area (Å²) in [5, 5.41) is 0.521. The summed E-state index contributed by atoms with van der Waals surface area (Å²) in [6.45, 7) is 2.25. The van der Waals surface area contributed by atoms with E-state index in [0.717, 1.165) is 11.3 Å². The number of aryl methyl sites for hydroxylation is 1. The first-order chi connectivity index (χ1) is 9.69. The molecule has 20 heavy (non-hydrogen) atoms. The molecule has 0 aliphatic rings. The smallest absolute Gasteiger partial charge is 0.148 e. The van der Waals surface area contributed by atoms with E-state index in [1.165, 1.54) is 5.56 Å². The largest absolute Gasteiger partial charge is 0.479 e. The Morgan fingerprint density at radius 2 is 2.00 bits per heavy atom. The second-order valence-corrected chi connectivity index (χ2v) is 4.68. The summed E-state index contributed by atoms with van der Waals surface area (Å²) in [4.78, 5) is 4.39. The molecule has 0 atom stereocenters. The molecule has 2 rings (SSSR count). The van der Waals surface area contributed by atoms with Gasteiger partial charge in [-0.1, -0.05) is 35.2 Å². The van der Waals surface area contributed by atoms with Gasteiger partial charge in [-0.05, 0) is 42.8 Å². The number of aliphatic imine (C=N–C) groups is 1. The minimum Gasteiger partial charge on any atom is -0.479 e. The van der Waals surface area contributed by atoms with Gasteiger partial charge in [-0.15, -0.1) is 6.42 Å². The zero-order valence-electron chi connectivity index (χ0n) is 11.1. The van der Waals surface area contributed by atoms with Crippen molar-refractivity contribution in [2.24, 2.45) is 4.99 Å². The van der Waals surface area contributed by atoms with Gasteiger partial charge in [0, 0.05) is 6.21 Å². The lowest BCUT2D eigenvalue weighted by Gasteiger charge is -2.05. The van der Waals surface area contributed by atoms with Gasteiger partial charge >= 0.3 is 0 Å². The van der Waals surface area contributed by atoms with E-state index in [2.05, 4.69) is 10.9 Å². The molecule has 0 radical (unpaired) electrons. The summed E-state index contributed by atoms with van der Waals surface area (Å²) in [5.41, 5.74) is 3.02. The van der Waals surface area contributed by atoms with Crippen LogP contribution in [0.15, 0.2) is 47.5 Å². The maximum atomic E-state index is 6.11. The Bertz CT molecular complexity index is 654. The topological polar surface area (TPSA) is 21.6 Å². The fourth-order valence-electron chi connectivity index (χ4n) is 1.61. The molecule has 2 nitrogen and oxygen atoms in total. The molecule has 0 amide bonds. The summed E-state index contributed by atoms with van der Waals surface area (Å²) in [6, 6.07) is 13.5. The van der Waals surface area contributed by atoms with Crippen molar-refractivity contribution in [1.29, 1.82) is 0 Å². The Hall–Kier alpha value is -2.24. The van der Waals surface area contributed by atoms with Gasteiger partial charge in [-0.25, -0.2) is 0 Å². The first-order valence-corrected chi connectivity index (χ1v) is 6.53. The second-order valence-electron chi connectivity index (χ2n) is 4.28. The quantitative estimate of drug-likeness (QED) is 0.601. The predicted molar refractivity (Wildman–Crippen MR) is 84.2 cm³/mol. The summed E-state index contributed by atoms with van der Waals surface area (Å²) < 4.78 is 5.30. The zero-order valence-corrected chi connectivity index (χ0v) is 11.9. The first-order valence-electron chi connectivity index (χ1n) is 6.15. The van der Waals surface area contributed by atoms with Crippen LogP contribution in [-0.2, 0) is 0 Å². The zero-order chi connectivity index (χ0) is 14.4. The lowest BCUT2D eigenvalue weighted by Crippen LogP contribution is -1.94. The maximum Gasteiger partial charge on any atom is 0.148 e. The van der Waals surface area contributed by atoms with Crippen LogP contribution in [0.1, 0.15) is 11.1 Å². The standard InChI is InChI=1S/C17H14ClNO/c1-3-10-20-17-9-6-14(11-16(17)18)12-19-15-7-4-13(2)5-8-15/h1,4-9,11-12H,10H2,2H3. The number of terminal acetylenes is 1. The highest BCUT2D eigenvalue weighted by Gasteiger charge is 2.01. The van der Waals surface area contributed by atoms with Gasteiger partial charge in [-0.3, -0.25) is 4.99 Å². The minimum atomic E-state index is 0.205. The number of hydrogen-bond acceptors (Lipinski definition) is 2. The monoisotopic (exact) mass is 283 g/mol. The molecule has 2 aromatic rings. The SMILES string of the molecule is C#CCOc1ccc(C=Nc2ccc(C)cc2)cc1Cl. The van der Waals surface area contributed by atoms with Crippen LogP contribution in [0.2, 0.25) is 5.02 Å². The Morgan fingerprint density at radius 1 is 1.25 bits per heavy atom. The van der Waals surface area contributed by atoms with Crippen molar-refractivity contribution < 1.29 is 4.74 Å². The average Bonchev–Trinajstić information content (AvgIpc) is 2.46. The fourth-order valence-corrected chi connectivity index (χ4v) is 1.86. The fraction of sp³-hybridized carbons (Fsp3) is 0.118. The summed E-state index contributed by atoms with van der Waals surface area (Å²) in [6.07, 6.45) is 6.91. The Kier molecular flexibility index (Phi) is 4.81. The normalized spacial score (nSPS) is 10.4. The first kappa shape index (κ1) is 14.2. The van der Waals surface area contributed by atoms with Crippen molar-refractivity contribution in [3.8, 4) is 18.1 Å². The molecule has 0 aromatic heterocycles. The lowest BCUT2D eigenvalue weighted by molar-refractivity contribution is 0.370. The van der Waals surface area contributed by atoms with Gasteiger partial charge in [0.15, 0.2) is 0 Å². The van der Waals surface area contributed by atoms with Gasteiger partial charge in [0.05, 0.1) is 10.7 Å². The van der Waals surface area contributed by atoms with Gasteiger partial charge in [0.25, 0.3) is 0 Å². The van der Waals surface area contributed by atoms with Gasteiger partial charge in [0.1, 0.15) is 12.4 Å². The number of benzene rings is 2. The van der Waals surface area contributed by atoms with Gasteiger partial charge in [0.2, 0.25) is 0 Å². The van der Waals surface area contributed by atoms with Crippen LogP contribution >= 0.6 is 11.6 Å². The van der Waals surface area contributed by atoms with E-state index in [1.807, 2.05) is 37.3 Å². The lowest BCUT2D eigenvalue weighted by atomic mass is 10.2. The molecule has 0 aliphatic carbocycles. The highest BCUT2D eigenvalue weighted by atomic mass is 35.5. The molecule has 0 saturated carbocycles. The van der Waals surface area contributed by atoms with Gasteiger partial charge in [-0.2, -0.15) is 0 Å². The van der Waals surface area contributed by atoms with Crippen molar-refractivity contribution in [3.05, 3.63) is 58.6 Å². The highest BCUT2D eigenvalue weighted by Crippen LogP contribution is 2.25. The molecule has 100 valence electrons. The number of nitrogens with zero attached hydrogens (tertiary/aromatic N) is 1. The Balaban J connectivity index is 2.12. The van der Waals surface area contributed by atoms with Crippen LogP contribution in [0.4, 0.5) is 5.69 Å². The van der Waals surface area contributed by atoms with Crippen LogP contribution in [0.5, 0.6) is 5.75 Å². The van der Waals surface area contributed by atoms with E-state index in [1.54, 1.807) is 18.3 Å². The van der Waals surface area contributed by atoms with Crippen LogP contribution < -0.4 is 4.74 Å².